The first kappa shape index (κ1) is 18.8. The van der Waals surface area contributed by atoms with Gasteiger partial charge in [0.15, 0.2) is 11.8 Å². The molecule has 0 saturated carbocycles. The predicted octanol–water partition coefficient (Wildman–Crippen LogP) is 0.104. The summed E-state index contributed by atoms with van der Waals surface area (Å²) in [4.78, 5) is 17.0. The minimum atomic E-state index is -0.0540. The molecule has 0 aliphatic carbocycles. The molecule has 1 N–H and O–H groups in total. The van der Waals surface area contributed by atoms with Crippen molar-refractivity contribution in [1.29, 1.82) is 0 Å². The fourth-order valence-corrected chi connectivity index (χ4v) is 4.44. The number of rotatable bonds is 7. The summed E-state index contributed by atoms with van der Waals surface area (Å²) >= 11 is 1.70. The van der Waals surface area contributed by atoms with Gasteiger partial charge in [-0.3, -0.25) is 4.79 Å². The highest BCUT2D eigenvalue weighted by atomic mass is 32.1. The van der Waals surface area contributed by atoms with Crippen molar-refractivity contribution in [3.8, 4) is 0 Å². The third-order valence-corrected chi connectivity index (χ3v) is 5.92. The van der Waals surface area contributed by atoms with E-state index in [1.807, 2.05) is 15.6 Å². The van der Waals surface area contributed by atoms with Crippen molar-refractivity contribution in [2.24, 2.45) is 0 Å². The average Bonchev–Trinajstić information content (AvgIpc) is 3.49. The van der Waals surface area contributed by atoms with Gasteiger partial charge in [-0.15, -0.1) is 16.4 Å². The van der Waals surface area contributed by atoms with Gasteiger partial charge in [-0.1, -0.05) is 6.07 Å². The maximum atomic E-state index is 12.5. The van der Waals surface area contributed by atoms with Gasteiger partial charge in [0.2, 0.25) is 5.82 Å². The number of nitrogens with zero attached hydrogens (tertiary/aromatic N) is 5. The molecular weight excluding hydrogens is 380 g/mol. The second-order valence-electron chi connectivity index (χ2n) is 6.63. The van der Waals surface area contributed by atoms with Crippen LogP contribution < -0.4 is 4.90 Å². The number of nitrogens with one attached hydrogen (secondary N) is 1. The van der Waals surface area contributed by atoms with Crippen LogP contribution in [-0.4, -0.2) is 70.9 Å². The molecule has 1 aliphatic heterocycles. The van der Waals surface area contributed by atoms with Gasteiger partial charge in [0.25, 0.3) is 5.91 Å². The van der Waals surface area contributed by atoms with E-state index in [2.05, 4.69) is 27.0 Å². The molecule has 9 nitrogen and oxygen atoms in total. The largest absolute Gasteiger partial charge is 0.459 e. The number of carbonyl (C=O) groups is 1. The van der Waals surface area contributed by atoms with Crippen LogP contribution in [0.4, 0.5) is 0 Å². The number of piperazine rings is 1. The molecule has 1 amide bonds. The van der Waals surface area contributed by atoms with E-state index in [9.17, 15) is 4.79 Å². The van der Waals surface area contributed by atoms with Crippen molar-refractivity contribution in [2.75, 3.05) is 39.9 Å². The van der Waals surface area contributed by atoms with Gasteiger partial charge >= 0.3 is 0 Å². The number of carbonyl (C=O) groups excluding carboxylic acids is 1. The van der Waals surface area contributed by atoms with E-state index in [-0.39, 0.29) is 11.9 Å². The van der Waals surface area contributed by atoms with Crippen LogP contribution in [0.25, 0.3) is 0 Å². The standard InChI is InChI=1S/C18H22N6O3S/c1-26-12-10-24-17(19-20-21-24)16(15-5-3-13-28-15)22-6-8-23(9-7-22)18(25)14-4-2-11-27-14/h2-5,11,13,16H,6-10,12H2,1H3/p+1/t16-/m0/s1. The van der Waals surface area contributed by atoms with E-state index in [1.54, 1.807) is 30.6 Å². The van der Waals surface area contributed by atoms with E-state index in [0.717, 1.165) is 18.9 Å². The molecule has 3 aromatic heterocycles. The molecule has 10 heteroatoms. The number of ether oxygens (including phenoxy) is 1. The van der Waals surface area contributed by atoms with Gasteiger partial charge in [0.1, 0.15) is 0 Å². The van der Waals surface area contributed by atoms with E-state index >= 15 is 0 Å². The Bertz CT molecular complexity index is 871. The molecule has 3 aromatic rings. The minimum Gasteiger partial charge on any atom is -0.459 e. The van der Waals surface area contributed by atoms with E-state index < -0.39 is 0 Å². The van der Waals surface area contributed by atoms with Gasteiger partial charge in [0, 0.05) is 7.11 Å². The summed E-state index contributed by atoms with van der Waals surface area (Å²) in [6, 6.07) is 7.65. The van der Waals surface area contributed by atoms with Crippen molar-refractivity contribution in [2.45, 2.75) is 12.6 Å². The second-order valence-corrected chi connectivity index (χ2v) is 7.61. The highest BCUT2D eigenvalue weighted by Crippen LogP contribution is 2.22. The van der Waals surface area contributed by atoms with Crippen LogP contribution in [0.1, 0.15) is 27.3 Å². The SMILES string of the molecule is COCCn1nnnc1[C@H](c1cccs1)[NH+]1CCN(C(=O)c2ccco2)CC1. The first-order valence-electron chi connectivity index (χ1n) is 9.23. The van der Waals surface area contributed by atoms with Crippen LogP contribution in [0, 0.1) is 0 Å². The highest BCUT2D eigenvalue weighted by Gasteiger charge is 2.36. The maximum absolute atomic E-state index is 12.5. The molecule has 148 valence electrons. The van der Waals surface area contributed by atoms with E-state index in [4.69, 9.17) is 9.15 Å². The average molecular weight is 403 g/mol. The van der Waals surface area contributed by atoms with Gasteiger partial charge in [-0.2, -0.15) is 0 Å². The number of quaternary nitrogens is 1. The van der Waals surface area contributed by atoms with Crippen molar-refractivity contribution in [3.63, 3.8) is 0 Å². The van der Waals surface area contributed by atoms with Crippen molar-refractivity contribution in [1.82, 2.24) is 25.1 Å². The molecule has 0 radical (unpaired) electrons. The van der Waals surface area contributed by atoms with E-state index in [0.29, 0.717) is 32.0 Å². The molecule has 28 heavy (non-hydrogen) atoms. The number of tetrazole rings is 1. The van der Waals surface area contributed by atoms with Gasteiger partial charge < -0.3 is 19.0 Å². The molecule has 4 rings (SSSR count). The van der Waals surface area contributed by atoms with E-state index in [1.165, 1.54) is 16.0 Å². The Labute approximate surface area is 166 Å². The van der Waals surface area contributed by atoms with Crippen LogP contribution >= 0.6 is 11.3 Å². The number of thiophene rings is 1. The van der Waals surface area contributed by atoms with Crippen LogP contribution in [0.15, 0.2) is 40.3 Å². The van der Waals surface area contributed by atoms with Gasteiger partial charge in [-0.25, -0.2) is 4.68 Å². The second kappa shape index (κ2) is 8.63. The van der Waals surface area contributed by atoms with Crippen LogP contribution in [0.5, 0.6) is 0 Å². The zero-order valence-electron chi connectivity index (χ0n) is 15.7. The number of hydrogen-bond acceptors (Lipinski definition) is 7. The molecule has 1 fully saturated rings. The predicted molar refractivity (Wildman–Crippen MR) is 101 cm³/mol. The van der Waals surface area contributed by atoms with Crippen molar-refractivity contribution < 1.29 is 18.8 Å². The lowest BCUT2D eigenvalue weighted by Gasteiger charge is -2.35. The Kier molecular flexibility index (Phi) is 5.79. The van der Waals surface area contributed by atoms with Gasteiger partial charge in [0.05, 0.1) is 50.5 Å². The summed E-state index contributed by atoms with van der Waals surface area (Å²) in [5, 5.41) is 14.4. The van der Waals surface area contributed by atoms with Crippen LogP contribution in [0.2, 0.25) is 0 Å². The summed E-state index contributed by atoms with van der Waals surface area (Å²) in [5.74, 6) is 1.17. The monoisotopic (exact) mass is 403 g/mol. The zero-order chi connectivity index (χ0) is 19.3. The van der Waals surface area contributed by atoms with Crippen LogP contribution in [0.3, 0.4) is 0 Å². The molecule has 1 aliphatic rings. The first-order valence-corrected chi connectivity index (χ1v) is 10.1. The summed E-state index contributed by atoms with van der Waals surface area (Å²) in [5.41, 5.74) is 0. The molecule has 1 saturated heterocycles. The molecule has 1 atom stereocenters. The molecule has 0 unspecified atom stereocenters. The molecule has 0 aromatic carbocycles. The third-order valence-electron chi connectivity index (χ3n) is 4.99. The Morgan fingerprint density at radius 1 is 1.36 bits per heavy atom. The minimum absolute atomic E-state index is 0.0349. The number of amides is 1. The number of aromatic nitrogens is 4. The summed E-state index contributed by atoms with van der Waals surface area (Å²) < 4.78 is 12.3. The fourth-order valence-electron chi connectivity index (χ4n) is 3.56. The highest BCUT2D eigenvalue weighted by molar-refractivity contribution is 7.10. The van der Waals surface area contributed by atoms with Gasteiger partial charge in [-0.05, 0) is 34.0 Å². The summed E-state index contributed by atoms with van der Waals surface area (Å²) in [6.45, 7) is 4.11. The van der Waals surface area contributed by atoms with Crippen LogP contribution in [-0.2, 0) is 11.3 Å². The topological polar surface area (TPSA) is 90.7 Å². The number of furan rings is 1. The molecule has 0 bridgehead atoms. The van der Waals surface area contributed by atoms with Crippen molar-refractivity contribution >= 4 is 17.2 Å². The Hall–Kier alpha value is -2.56. The number of methoxy groups -OCH3 is 1. The first-order chi connectivity index (χ1) is 13.8. The fraction of sp³-hybridized carbons (Fsp3) is 0.444. The third kappa shape index (κ3) is 3.84. The molecule has 4 heterocycles. The lowest BCUT2D eigenvalue weighted by Crippen LogP contribution is -3.15. The van der Waals surface area contributed by atoms with Crippen molar-refractivity contribution in [3.05, 3.63) is 52.4 Å². The summed E-state index contributed by atoms with van der Waals surface area (Å²) in [7, 11) is 1.67. The maximum Gasteiger partial charge on any atom is 0.289 e. The molecule has 0 spiro atoms. The number of hydrogen-bond donors (Lipinski definition) is 1. The lowest BCUT2D eigenvalue weighted by molar-refractivity contribution is -0.929. The Balaban J connectivity index is 1.51. The normalized spacial score (nSPS) is 16.4. The quantitative estimate of drug-likeness (QED) is 0.602. The smallest absolute Gasteiger partial charge is 0.289 e. The summed E-state index contributed by atoms with van der Waals surface area (Å²) in [6.07, 6.45) is 1.53. The molecular formula is C18H23N6O3S+. The Morgan fingerprint density at radius 3 is 2.89 bits per heavy atom. The zero-order valence-corrected chi connectivity index (χ0v) is 16.5. The Morgan fingerprint density at radius 2 is 2.21 bits per heavy atom. The lowest BCUT2D eigenvalue weighted by atomic mass is 10.1.